The van der Waals surface area contributed by atoms with Gasteiger partial charge in [-0.05, 0) is 18.3 Å². The summed E-state index contributed by atoms with van der Waals surface area (Å²) < 4.78 is 0. The summed E-state index contributed by atoms with van der Waals surface area (Å²) in [6.45, 7) is 2.15. The molecular weight excluding hydrogens is 174 g/mol. The maximum absolute atomic E-state index is 10.8. The van der Waals surface area contributed by atoms with Gasteiger partial charge in [0.15, 0.2) is 0 Å². The maximum Gasteiger partial charge on any atom is 0.235 e. The van der Waals surface area contributed by atoms with E-state index < -0.39 is 5.38 Å². The van der Waals surface area contributed by atoms with Gasteiger partial charge >= 0.3 is 0 Å². The minimum Gasteiger partial charge on any atom is -0.368 e. The molecule has 0 aromatic heterocycles. The first-order valence-corrected chi connectivity index (χ1v) is 5.00. The van der Waals surface area contributed by atoms with Crippen LogP contribution in [0.1, 0.15) is 32.6 Å². The van der Waals surface area contributed by atoms with Crippen LogP contribution in [0, 0.1) is 11.8 Å². The SMILES string of the molecule is CC1CCCCC1C(Cl)C(N)=O. The Morgan fingerprint density at radius 3 is 2.58 bits per heavy atom. The van der Waals surface area contributed by atoms with E-state index in [0.29, 0.717) is 11.8 Å². The molecule has 1 saturated carbocycles. The van der Waals surface area contributed by atoms with Crippen molar-refractivity contribution in [3.05, 3.63) is 0 Å². The summed E-state index contributed by atoms with van der Waals surface area (Å²) in [6, 6.07) is 0. The van der Waals surface area contributed by atoms with Crippen LogP contribution < -0.4 is 5.73 Å². The molecule has 3 heteroatoms. The number of hydrogen-bond donors (Lipinski definition) is 1. The predicted octanol–water partition coefficient (Wildman–Crippen LogP) is 1.91. The molecule has 1 aliphatic carbocycles. The predicted molar refractivity (Wildman–Crippen MR) is 50.0 cm³/mol. The Labute approximate surface area is 78.5 Å². The van der Waals surface area contributed by atoms with Crippen molar-refractivity contribution in [1.29, 1.82) is 0 Å². The van der Waals surface area contributed by atoms with Crippen molar-refractivity contribution in [2.45, 2.75) is 38.0 Å². The van der Waals surface area contributed by atoms with Gasteiger partial charge in [-0.1, -0.05) is 26.2 Å². The molecule has 70 valence electrons. The van der Waals surface area contributed by atoms with Crippen molar-refractivity contribution in [2.75, 3.05) is 0 Å². The van der Waals surface area contributed by atoms with Gasteiger partial charge in [-0.15, -0.1) is 11.6 Å². The van der Waals surface area contributed by atoms with Gasteiger partial charge in [0, 0.05) is 0 Å². The average Bonchev–Trinajstić information content (AvgIpc) is 2.04. The standard InChI is InChI=1S/C9H16ClNO/c1-6-4-2-3-5-7(6)8(10)9(11)12/h6-8H,2-5H2,1H3,(H2,11,12). The fourth-order valence-corrected chi connectivity index (χ4v) is 2.37. The third-order valence-corrected chi connectivity index (χ3v) is 3.36. The maximum atomic E-state index is 10.8. The van der Waals surface area contributed by atoms with Crippen LogP contribution in [0.2, 0.25) is 0 Å². The first-order valence-electron chi connectivity index (χ1n) is 4.56. The van der Waals surface area contributed by atoms with E-state index in [9.17, 15) is 4.79 Å². The lowest BCUT2D eigenvalue weighted by atomic mass is 9.78. The number of alkyl halides is 1. The summed E-state index contributed by atoms with van der Waals surface area (Å²) in [5.74, 6) is 0.488. The number of hydrogen-bond acceptors (Lipinski definition) is 1. The van der Waals surface area contributed by atoms with Gasteiger partial charge in [0.25, 0.3) is 0 Å². The Kier molecular flexibility index (Phi) is 3.39. The zero-order valence-corrected chi connectivity index (χ0v) is 8.18. The first-order chi connectivity index (χ1) is 5.63. The van der Waals surface area contributed by atoms with E-state index in [2.05, 4.69) is 6.92 Å². The molecular formula is C9H16ClNO. The Morgan fingerprint density at radius 1 is 1.50 bits per heavy atom. The smallest absolute Gasteiger partial charge is 0.235 e. The second kappa shape index (κ2) is 4.13. The highest BCUT2D eigenvalue weighted by Gasteiger charge is 2.30. The lowest BCUT2D eigenvalue weighted by Crippen LogP contribution is -2.35. The molecule has 3 atom stereocenters. The van der Waals surface area contributed by atoms with Gasteiger partial charge in [0.1, 0.15) is 5.38 Å². The quantitative estimate of drug-likeness (QED) is 0.663. The largest absolute Gasteiger partial charge is 0.368 e. The number of primary amides is 1. The Balaban J connectivity index is 2.53. The van der Waals surface area contributed by atoms with Gasteiger partial charge in [-0.2, -0.15) is 0 Å². The van der Waals surface area contributed by atoms with Crippen molar-refractivity contribution < 1.29 is 4.79 Å². The van der Waals surface area contributed by atoms with Crippen LogP contribution >= 0.6 is 11.6 Å². The van der Waals surface area contributed by atoms with E-state index in [1.54, 1.807) is 0 Å². The third-order valence-electron chi connectivity index (χ3n) is 2.83. The molecule has 1 amide bonds. The van der Waals surface area contributed by atoms with Crippen molar-refractivity contribution in [3.8, 4) is 0 Å². The molecule has 2 nitrogen and oxygen atoms in total. The molecule has 2 N–H and O–H groups in total. The van der Waals surface area contributed by atoms with E-state index >= 15 is 0 Å². The molecule has 0 bridgehead atoms. The van der Waals surface area contributed by atoms with Crippen LogP contribution in [-0.2, 0) is 4.79 Å². The number of rotatable bonds is 2. The topological polar surface area (TPSA) is 43.1 Å². The van der Waals surface area contributed by atoms with E-state index in [4.69, 9.17) is 17.3 Å². The minimum atomic E-state index is -0.458. The fourth-order valence-electron chi connectivity index (χ4n) is 1.99. The second-order valence-corrected chi connectivity index (χ2v) is 4.20. The normalized spacial score (nSPS) is 32.8. The second-order valence-electron chi connectivity index (χ2n) is 3.73. The highest BCUT2D eigenvalue weighted by Crippen LogP contribution is 2.33. The van der Waals surface area contributed by atoms with Gasteiger partial charge in [-0.25, -0.2) is 0 Å². The molecule has 3 unspecified atom stereocenters. The van der Waals surface area contributed by atoms with Gasteiger partial charge in [0.2, 0.25) is 5.91 Å². The lowest BCUT2D eigenvalue weighted by molar-refractivity contribution is -0.119. The molecule has 1 rings (SSSR count). The highest BCUT2D eigenvalue weighted by atomic mass is 35.5. The van der Waals surface area contributed by atoms with Crippen LogP contribution in [0.5, 0.6) is 0 Å². The Bertz CT molecular complexity index is 172. The van der Waals surface area contributed by atoms with E-state index in [1.165, 1.54) is 19.3 Å². The van der Waals surface area contributed by atoms with Crippen LogP contribution in [0.3, 0.4) is 0 Å². The number of amides is 1. The zero-order chi connectivity index (χ0) is 9.14. The van der Waals surface area contributed by atoms with Gasteiger partial charge in [0.05, 0.1) is 0 Å². The number of halogens is 1. The van der Waals surface area contributed by atoms with Gasteiger partial charge in [-0.3, -0.25) is 4.79 Å². The van der Waals surface area contributed by atoms with E-state index in [0.717, 1.165) is 6.42 Å². The van der Waals surface area contributed by atoms with Crippen molar-refractivity contribution in [3.63, 3.8) is 0 Å². The Hall–Kier alpha value is -0.240. The van der Waals surface area contributed by atoms with Crippen LogP contribution in [0.25, 0.3) is 0 Å². The van der Waals surface area contributed by atoms with E-state index in [1.807, 2.05) is 0 Å². The average molecular weight is 190 g/mol. The molecule has 0 saturated heterocycles. The summed E-state index contributed by atoms with van der Waals surface area (Å²) in [6.07, 6.45) is 4.69. The molecule has 0 aromatic rings. The number of carbonyl (C=O) groups is 1. The third kappa shape index (κ3) is 2.13. The molecule has 0 aromatic carbocycles. The van der Waals surface area contributed by atoms with Crippen LogP contribution in [-0.4, -0.2) is 11.3 Å². The van der Waals surface area contributed by atoms with E-state index in [-0.39, 0.29) is 5.91 Å². The van der Waals surface area contributed by atoms with Crippen LogP contribution in [0.4, 0.5) is 0 Å². The van der Waals surface area contributed by atoms with Crippen molar-refractivity contribution in [1.82, 2.24) is 0 Å². The first kappa shape index (κ1) is 9.85. The zero-order valence-electron chi connectivity index (χ0n) is 7.42. The summed E-state index contributed by atoms with van der Waals surface area (Å²) in [5, 5.41) is -0.458. The molecule has 0 radical (unpaired) electrons. The summed E-state index contributed by atoms with van der Waals surface area (Å²) in [5.41, 5.74) is 5.16. The minimum absolute atomic E-state index is 0.304. The molecule has 0 heterocycles. The molecule has 12 heavy (non-hydrogen) atoms. The molecule has 0 spiro atoms. The fraction of sp³-hybridized carbons (Fsp3) is 0.889. The summed E-state index contributed by atoms with van der Waals surface area (Å²) in [7, 11) is 0. The summed E-state index contributed by atoms with van der Waals surface area (Å²) >= 11 is 5.91. The van der Waals surface area contributed by atoms with Gasteiger partial charge < -0.3 is 5.73 Å². The van der Waals surface area contributed by atoms with Crippen molar-refractivity contribution in [2.24, 2.45) is 17.6 Å². The monoisotopic (exact) mass is 189 g/mol. The van der Waals surface area contributed by atoms with Crippen molar-refractivity contribution >= 4 is 17.5 Å². The highest BCUT2D eigenvalue weighted by molar-refractivity contribution is 6.30. The summed E-state index contributed by atoms with van der Waals surface area (Å²) in [4.78, 5) is 10.8. The number of carbonyl (C=O) groups excluding carboxylic acids is 1. The van der Waals surface area contributed by atoms with Crippen LogP contribution in [0.15, 0.2) is 0 Å². The molecule has 1 fully saturated rings. The number of nitrogens with two attached hydrogens (primary N) is 1. The lowest BCUT2D eigenvalue weighted by Gasteiger charge is -2.30. The Morgan fingerprint density at radius 2 is 2.08 bits per heavy atom. The molecule has 0 aliphatic heterocycles. The molecule has 1 aliphatic rings.